The zero-order valence-corrected chi connectivity index (χ0v) is 14.9. The van der Waals surface area contributed by atoms with E-state index in [4.69, 9.17) is 9.47 Å². The number of carbonyl (C=O) groups is 2. The van der Waals surface area contributed by atoms with E-state index in [9.17, 15) is 14.7 Å². The Morgan fingerprint density at radius 1 is 1.21 bits per heavy atom. The molecular formula is C18H25NO5. The molecule has 6 heteroatoms. The van der Waals surface area contributed by atoms with Crippen LogP contribution in [0.3, 0.4) is 0 Å². The number of benzene rings is 1. The summed E-state index contributed by atoms with van der Waals surface area (Å²) in [6, 6.07) is 3.42. The SMILES string of the molecule is COc1cc(C)c(C(=O)N2CCC(C(=O)O)(C(C)C)C2)cc1OC. The molecule has 24 heavy (non-hydrogen) atoms. The van der Waals surface area contributed by atoms with E-state index in [1.165, 1.54) is 7.11 Å². The molecule has 0 aromatic heterocycles. The number of carboxylic acids is 1. The topological polar surface area (TPSA) is 76.1 Å². The molecule has 2 rings (SSSR count). The number of ether oxygens (including phenoxy) is 2. The molecule has 132 valence electrons. The lowest BCUT2D eigenvalue weighted by Gasteiger charge is -2.28. The lowest BCUT2D eigenvalue weighted by Crippen LogP contribution is -2.40. The van der Waals surface area contributed by atoms with Gasteiger partial charge < -0.3 is 19.5 Å². The number of methoxy groups -OCH3 is 2. The van der Waals surface area contributed by atoms with Crippen molar-refractivity contribution < 1.29 is 24.2 Å². The van der Waals surface area contributed by atoms with Crippen molar-refractivity contribution in [3.63, 3.8) is 0 Å². The fourth-order valence-corrected chi connectivity index (χ4v) is 3.28. The first-order valence-corrected chi connectivity index (χ1v) is 8.02. The Bertz CT molecular complexity index is 655. The molecule has 1 aromatic rings. The first-order valence-electron chi connectivity index (χ1n) is 8.02. The van der Waals surface area contributed by atoms with Crippen LogP contribution in [0.15, 0.2) is 12.1 Å². The number of carboxylic acid groups (broad SMARTS) is 1. The number of rotatable bonds is 5. The minimum Gasteiger partial charge on any atom is -0.493 e. The standard InChI is InChI=1S/C18H25NO5/c1-11(2)18(17(21)22)6-7-19(10-18)16(20)13-9-15(24-5)14(23-4)8-12(13)3/h8-9,11H,6-7,10H2,1-5H3,(H,21,22). The summed E-state index contributed by atoms with van der Waals surface area (Å²) in [6.45, 7) is 6.29. The number of hydrogen-bond acceptors (Lipinski definition) is 4. The first-order chi connectivity index (χ1) is 11.3. The van der Waals surface area contributed by atoms with E-state index >= 15 is 0 Å². The van der Waals surface area contributed by atoms with Crippen LogP contribution in [0.25, 0.3) is 0 Å². The van der Waals surface area contributed by atoms with Crippen LogP contribution in [0.1, 0.15) is 36.2 Å². The third kappa shape index (κ3) is 2.92. The Labute approximate surface area is 142 Å². The van der Waals surface area contributed by atoms with Crippen molar-refractivity contribution in [3.05, 3.63) is 23.3 Å². The number of aryl methyl sites for hydroxylation is 1. The molecule has 1 heterocycles. The second kappa shape index (κ2) is 6.71. The van der Waals surface area contributed by atoms with Gasteiger partial charge in [0, 0.05) is 18.7 Å². The largest absolute Gasteiger partial charge is 0.493 e. The monoisotopic (exact) mass is 335 g/mol. The molecular weight excluding hydrogens is 310 g/mol. The summed E-state index contributed by atoms with van der Waals surface area (Å²) in [6.07, 6.45) is 0.470. The van der Waals surface area contributed by atoms with Crippen LogP contribution in [0.4, 0.5) is 0 Å². The van der Waals surface area contributed by atoms with Gasteiger partial charge in [-0.2, -0.15) is 0 Å². The quantitative estimate of drug-likeness (QED) is 0.895. The molecule has 1 atom stereocenters. The summed E-state index contributed by atoms with van der Waals surface area (Å²) in [5.74, 6) is 0.00222. The maximum Gasteiger partial charge on any atom is 0.311 e. The van der Waals surface area contributed by atoms with Gasteiger partial charge in [-0.05, 0) is 37.0 Å². The van der Waals surface area contributed by atoms with Crippen molar-refractivity contribution >= 4 is 11.9 Å². The van der Waals surface area contributed by atoms with Crippen LogP contribution in [0.5, 0.6) is 11.5 Å². The van der Waals surface area contributed by atoms with E-state index in [1.807, 2.05) is 20.8 Å². The predicted octanol–water partition coefficient (Wildman–Crippen LogP) is 2.59. The number of aliphatic carboxylic acids is 1. The Morgan fingerprint density at radius 2 is 1.79 bits per heavy atom. The van der Waals surface area contributed by atoms with Gasteiger partial charge in [-0.25, -0.2) is 0 Å². The molecule has 1 aliphatic rings. The molecule has 1 aliphatic heterocycles. The van der Waals surface area contributed by atoms with E-state index < -0.39 is 11.4 Å². The van der Waals surface area contributed by atoms with E-state index in [1.54, 1.807) is 24.1 Å². The lowest BCUT2D eigenvalue weighted by molar-refractivity contribution is -0.150. The van der Waals surface area contributed by atoms with Gasteiger partial charge in [-0.15, -0.1) is 0 Å². The van der Waals surface area contributed by atoms with Crippen LogP contribution in [0.2, 0.25) is 0 Å². The fraction of sp³-hybridized carbons (Fsp3) is 0.556. The average Bonchev–Trinajstić information content (AvgIpc) is 3.00. The highest BCUT2D eigenvalue weighted by Crippen LogP contribution is 2.39. The van der Waals surface area contributed by atoms with Gasteiger partial charge in [0.25, 0.3) is 5.91 Å². The summed E-state index contributed by atoms with van der Waals surface area (Å²) < 4.78 is 10.5. The highest BCUT2D eigenvalue weighted by molar-refractivity contribution is 5.97. The minimum absolute atomic E-state index is 0.0423. The Kier molecular flexibility index (Phi) is 5.06. The van der Waals surface area contributed by atoms with Crippen LogP contribution >= 0.6 is 0 Å². The van der Waals surface area contributed by atoms with E-state index in [0.717, 1.165) is 5.56 Å². The number of amides is 1. The maximum absolute atomic E-state index is 12.9. The molecule has 1 unspecified atom stereocenters. The van der Waals surface area contributed by atoms with Gasteiger partial charge in [-0.1, -0.05) is 13.8 Å². The first kappa shape index (κ1) is 18.1. The summed E-state index contributed by atoms with van der Waals surface area (Å²) in [4.78, 5) is 26.3. The summed E-state index contributed by atoms with van der Waals surface area (Å²) >= 11 is 0. The molecule has 1 aromatic carbocycles. The lowest BCUT2D eigenvalue weighted by atomic mass is 9.76. The molecule has 1 amide bonds. The van der Waals surface area contributed by atoms with Gasteiger partial charge in [0.15, 0.2) is 11.5 Å². The molecule has 0 spiro atoms. The second-order valence-electron chi connectivity index (χ2n) is 6.61. The molecule has 0 radical (unpaired) electrons. The van der Waals surface area contributed by atoms with Crippen molar-refractivity contribution in [1.29, 1.82) is 0 Å². The molecule has 1 N–H and O–H groups in total. The van der Waals surface area contributed by atoms with Crippen molar-refractivity contribution in [2.75, 3.05) is 27.3 Å². The van der Waals surface area contributed by atoms with Crippen molar-refractivity contribution in [2.24, 2.45) is 11.3 Å². The minimum atomic E-state index is -0.875. The molecule has 1 saturated heterocycles. The summed E-state index contributed by atoms with van der Waals surface area (Å²) in [5, 5.41) is 9.63. The summed E-state index contributed by atoms with van der Waals surface area (Å²) in [7, 11) is 3.06. The van der Waals surface area contributed by atoms with Crippen LogP contribution in [-0.2, 0) is 4.79 Å². The smallest absolute Gasteiger partial charge is 0.311 e. The summed E-state index contributed by atoms with van der Waals surface area (Å²) in [5.41, 5.74) is 0.410. The van der Waals surface area contributed by atoms with Crippen LogP contribution in [-0.4, -0.2) is 49.2 Å². The van der Waals surface area contributed by atoms with E-state index in [2.05, 4.69) is 0 Å². The number of hydrogen-bond donors (Lipinski definition) is 1. The van der Waals surface area contributed by atoms with E-state index in [0.29, 0.717) is 30.0 Å². The third-order valence-corrected chi connectivity index (χ3v) is 5.08. The highest BCUT2D eigenvalue weighted by Gasteiger charge is 2.48. The second-order valence-corrected chi connectivity index (χ2v) is 6.61. The Hall–Kier alpha value is -2.24. The van der Waals surface area contributed by atoms with Gasteiger partial charge in [0.2, 0.25) is 0 Å². The molecule has 0 saturated carbocycles. The fourth-order valence-electron chi connectivity index (χ4n) is 3.28. The Balaban J connectivity index is 2.32. The average molecular weight is 335 g/mol. The van der Waals surface area contributed by atoms with Gasteiger partial charge in [-0.3, -0.25) is 9.59 Å². The molecule has 1 fully saturated rings. The number of carbonyl (C=O) groups excluding carboxylic acids is 1. The van der Waals surface area contributed by atoms with Gasteiger partial charge in [0.05, 0.1) is 19.6 Å². The normalized spacial score (nSPS) is 20.3. The van der Waals surface area contributed by atoms with E-state index in [-0.39, 0.29) is 18.4 Å². The predicted molar refractivity (Wildman–Crippen MR) is 89.7 cm³/mol. The van der Waals surface area contributed by atoms with Crippen molar-refractivity contribution in [2.45, 2.75) is 27.2 Å². The van der Waals surface area contributed by atoms with Crippen LogP contribution in [0, 0.1) is 18.3 Å². The zero-order chi connectivity index (χ0) is 18.1. The van der Waals surface area contributed by atoms with Crippen molar-refractivity contribution in [1.82, 2.24) is 4.90 Å². The zero-order valence-electron chi connectivity index (χ0n) is 14.9. The molecule has 0 bridgehead atoms. The number of nitrogens with zero attached hydrogens (tertiary/aromatic N) is 1. The third-order valence-electron chi connectivity index (χ3n) is 5.08. The van der Waals surface area contributed by atoms with Gasteiger partial charge in [0.1, 0.15) is 0 Å². The maximum atomic E-state index is 12.9. The molecule has 6 nitrogen and oxygen atoms in total. The van der Waals surface area contributed by atoms with Gasteiger partial charge >= 0.3 is 5.97 Å². The van der Waals surface area contributed by atoms with Crippen LogP contribution < -0.4 is 9.47 Å². The Morgan fingerprint density at radius 3 is 2.25 bits per heavy atom. The highest BCUT2D eigenvalue weighted by atomic mass is 16.5. The van der Waals surface area contributed by atoms with Crippen molar-refractivity contribution in [3.8, 4) is 11.5 Å². The molecule has 0 aliphatic carbocycles. The number of likely N-dealkylation sites (tertiary alicyclic amines) is 1.